The number of benzene rings is 2. The minimum absolute atomic E-state index is 0.103. The summed E-state index contributed by atoms with van der Waals surface area (Å²) in [4.78, 5) is 23.8. The number of nitrogens with zero attached hydrogens (tertiary/aromatic N) is 1. The van der Waals surface area contributed by atoms with Crippen molar-refractivity contribution in [3.8, 4) is 17.4 Å². The minimum atomic E-state index is -1.07. The molecule has 2 aromatic carbocycles. The predicted molar refractivity (Wildman–Crippen MR) is 109 cm³/mol. The largest absolute Gasteiger partial charge is 0.478 e. The molecular weight excluding hydrogens is 368 g/mol. The van der Waals surface area contributed by atoms with Crippen LogP contribution in [0.4, 0.5) is 5.69 Å². The Morgan fingerprint density at radius 1 is 1.10 bits per heavy atom. The molecule has 0 radical (unpaired) electrons. The second-order valence-corrected chi connectivity index (χ2v) is 6.23. The molecule has 3 aromatic rings. The highest BCUT2D eigenvalue weighted by Crippen LogP contribution is 2.27. The van der Waals surface area contributed by atoms with Crippen LogP contribution in [0.25, 0.3) is 17.4 Å². The van der Waals surface area contributed by atoms with Crippen molar-refractivity contribution in [3.05, 3.63) is 83.1 Å². The lowest BCUT2D eigenvalue weighted by Crippen LogP contribution is -2.13. The number of carboxylic acid groups (broad SMARTS) is 1. The Morgan fingerprint density at radius 3 is 2.48 bits per heavy atom. The first-order valence-corrected chi connectivity index (χ1v) is 8.96. The molecule has 29 heavy (non-hydrogen) atoms. The van der Waals surface area contributed by atoms with Gasteiger partial charge >= 0.3 is 5.97 Å². The number of nitriles is 1. The predicted octanol–water partition coefficient (Wildman–Crippen LogP) is 4.75. The summed E-state index contributed by atoms with van der Waals surface area (Å²) in [5, 5.41) is 21.4. The molecule has 6 heteroatoms. The van der Waals surface area contributed by atoms with Crippen LogP contribution >= 0.6 is 0 Å². The van der Waals surface area contributed by atoms with Crippen LogP contribution in [0.15, 0.2) is 70.7 Å². The van der Waals surface area contributed by atoms with Gasteiger partial charge in [-0.15, -0.1) is 0 Å². The van der Waals surface area contributed by atoms with Gasteiger partial charge in [-0.1, -0.05) is 37.3 Å². The van der Waals surface area contributed by atoms with Gasteiger partial charge in [0.2, 0.25) is 0 Å². The van der Waals surface area contributed by atoms with Crippen LogP contribution in [-0.4, -0.2) is 17.0 Å². The molecule has 0 saturated heterocycles. The molecular formula is C23H18N2O4. The van der Waals surface area contributed by atoms with E-state index in [4.69, 9.17) is 4.42 Å². The lowest BCUT2D eigenvalue weighted by molar-refractivity contribution is -0.112. The van der Waals surface area contributed by atoms with Crippen LogP contribution in [0, 0.1) is 11.3 Å². The Hall–Kier alpha value is -4.11. The number of carboxylic acids is 1. The van der Waals surface area contributed by atoms with E-state index >= 15 is 0 Å². The Kier molecular flexibility index (Phi) is 5.91. The normalized spacial score (nSPS) is 11.0. The number of hydrogen-bond donors (Lipinski definition) is 2. The maximum Gasteiger partial charge on any atom is 0.336 e. The molecule has 3 rings (SSSR count). The molecule has 144 valence electrons. The molecule has 0 spiro atoms. The summed E-state index contributed by atoms with van der Waals surface area (Å²) in [7, 11) is 0. The van der Waals surface area contributed by atoms with Crippen molar-refractivity contribution < 1.29 is 19.1 Å². The van der Waals surface area contributed by atoms with E-state index < -0.39 is 11.9 Å². The van der Waals surface area contributed by atoms with Crippen LogP contribution in [0.5, 0.6) is 0 Å². The van der Waals surface area contributed by atoms with Crippen molar-refractivity contribution in [1.29, 1.82) is 5.26 Å². The van der Waals surface area contributed by atoms with Crippen molar-refractivity contribution in [2.24, 2.45) is 0 Å². The van der Waals surface area contributed by atoms with Gasteiger partial charge in [-0.05, 0) is 42.3 Å². The van der Waals surface area contributed by atoms with E-state index in [1.165, 1.54) is 12.1 Å². The second-order valence-electron chi connectivity index (χ2n) is 6.23. The standard InChI is InChI=1S/C23H18N2O4/c1-2-15-7-9-17(10-8-15)25-22(26)16(14-24)13-18-11-12-21(29-18)19-5-3-4-6-20(19)23(27)28/h3-13H,2H2,1H3,(H,25,26)(H,27,28)/b16-13+. The number of anilines is 1. The summed E-state index contributed by atoms with van der Waals surface area (Å²) >= 11 is 0. The van der Waals surface area contributed by atoms with Gasteiger partial charge in [0.05, 0.1) is 5.56 Å². The topological polar surface area (TPSA) is 103 Å². The highest BCUT2D eigenvalue weighted by molar-refractivity contribution is 6.09. The molecule has 2 N–H and O–H groups in total. The fourth-order valence-corrected chi connectivity index (χ4v) is 2.77. The third-order valence-electron chi connectivity index (χ3n) is 4.32. The van der Waals surface area contributed by atoms with Gasteiger partial charge in [0.15, 0.2) is 0 Å². The number of amides is 1. The van der Waals surface area contributed by atoms with Gasteiger partial charge < -0.3 is 14.8 Å². The average molecular weight is 386 g/mol. The smallest absolute Gasteiger partial charge is 0.336 e. The molecule has 0 fully saturated rings. The molecule has 1 heterocycles. The number of carbonyl (C=O) groups excluding carboxylic acids is 1. The molecule has 0 saturated carbocycles. The Balaban J connectivity index is 1.82. The van der Waals surface area contributed by atoms with Gasteiger partial charge in [0.25, 0.3) is 5.91 Å². The molecule has 0 atom stereocenters. The van der Waals surface area contributed by atoms with Gasteiger partial charge in [-0.2, -0.15) is 5.26 Å². The quantitative estimate of drug-likeness (QED) is 0.470. The van der Waals surface area contributed by atoms with Crippen LogP contribution < -0.4 is 5.32 Å². The molecule has 0 aliphatic heterocycles. The van der Waals surface area contributed by atoms with Crippen molar-refractivity contribution in [3.63, 3.8) is 0 Å². The molecule has 0 aliphatic carbocycles. The zero-order chi connectivity index (χ0) is 20.8. The Bertz CT molecular complexity index is 1120. The van der Waals surface area contributed by atoms with E-state index in [2.05, 4.69) is 5.32 Å². The zero-order valence-electron chi connectivity index (χ0n) is 15.7. The lowest BCUT2D eigenvalue weighted by Gasteiger charge is -2.05. The van der Waals surface area contributed by atoms with E-state index in [9.17, 15) is 20.0 Å². The van der Waals surface area contributed by atoms with Crippen molar-refractivity contribution in [2.45, 2.75) is 13.3 Å². The van der Waals surface area contributed by atoms with Gasteiger partial charge in [-0.25, -0.2) is 4.79 Å². The third-order valence-corrected chi connectivity index (χ3v) is 4.32. The molecule has 0 unspecified atom stereocenters. The van der Waals surface area contributed by atoms with Crippen molar-refractivity contribution >= 4 is 23.6 Å². The fourth-order valence-electron chi connectivity index (χ4n) is 2.77. The second kappa shape index (κ2) is 8.72. The van der Waals surface area contributed by atoms with Crippen molar-refractivity contribution in [2.75, 3.05) is 5.32 Å². The zero-order valence-corrected chi connectivity index (χ0v) is 15.7. The Morgan fingerprint density at radius 2 is 1.83 bits per heavy atom. The van der Waals surface area contributed by atoms with Crippen LogP contribution in [0.2, 0.25) is 0 Å². The number of nitrogens with one attached hydrogen (secondary N) is 1. The first-order chi connectivity index (χ1) is 14.0. The number of aromatic carboxylic acids is 1. The third kappa shape index (κ3) is 4.60. The van der Waals surface area contributed by atoms with Gasteiger partial charge in [0.1, 0.15) is 23.2 Å². The van der Waals surface area contributed by atoms with Gasteiger partial charge in [0, 0.05) is 17.3 Å². The number of rotatable bonds is 6. The van der Waals surface area contributed by atoms with E-state index in [0.29, 0.717) is 17.0 Å². The van der Waals surface area contributed by atoms with Crippen LogP contribution in [-0.2, 0) is 11.2 Å². The number of carbonyl (C=O) groups is 2. The lowest BCUT2D eigenvalue weighted by atomic mass is 10.1. The highest BCUT2D eigenvalue weighted by atomic mass is 16.4. The fraction of sp³-hybridized carbons (Fsp3) is 0.0870. The molecule has 0 bridgehead atoms. The minimum Gasteiger partial charge on any atom is -0.478 e. The van der Waals surface area contributed by atoms with Crippen LogP contribution in [0.1, 0.15) is 28.6 Å². The van der Waals surface area contributed by atoms with E-state index in [0.717, 1.165) is 12.0 Å². The summed E-state index contributed by atoms with van der Waals surface area (Å²) in [6.45, 7) is 2.04. The SMILES string of the molecule is CCc1ccc(NC(=O)/C(C#N)=C/c2ccc(-c3ccccc3C(=O)O)o2)cc1. The van der Waals surface area contributed by atoms with Crippen molar-refractivity contribution in [1.82, 2.24) is 0 Å². The first kappa shape index (κ1) is 19.6. The van der Waals surface area contributed by atoms with E-state index in [1.807, 2.05) is 25.1 Å². The number of aryl methyl sites for hydroxylation is 1. The molecule has 1 amide bonds. The summed E-state index contributed by atoms with van der Waals surface area (Å²) in [5.74, 6) is -1.02. The Labute approximate surface area is 167 Å². The maximum absolute atomic E-state index is 12.4. The molecule has 1 aromatic heterocycles. The van der Waals surface area contributed by atoms with E-state index in [-0.39, 0.29) is 16.9 Å². The highest BCUT2D eigenvalue weighted by Gasteiger charge is 2.15. The van der Waals surface area contributed by atoms with E-state index in [1.54, 1.807) is 42.5 Å². The monoisotopic (exact) mass is 386 g/mol. The summed E-state index contributed by atoms with van der Waals surface area (Å²) < 4.78 is 5.65. The maximum atomic E-state index is 12.4. The summed E-state index contributed by atoms with van der Waals surface area (Å²) in [6.07, 6.45) is 2.21. The van der Waals surface area contributed by atoms with Crippen LogP contribution in [0.3, 0.4) is 0 Å². The number of hydrogen-bond acceptors (Lipinski definition) is 4. The average Bonchev–Trinajstić information content (AvgIpc) is 3.21. The summed E-state index contributed by atoms with van der Waals surface area (Å²) in [5.41, 5.74) is 2.12. The molecule has 6 nitrogen and oxygen atoms in total. The molecule has 0 aliphatic rings. The first-order valence-electron chi connectivity index (χ1n) is 8.96. The van der Waals surface area contributed by atoms with Gasteiger partial charge in [-0.3, -0.25) is 4.79 Å². The summed E-state index contributed by atoms with van der Waals surface area (Å²) in [6, 6.07) is 18.9. The number of furan rings is 1.